The third-order valence-corrected chi connectivity index (χ3v) is 3.08. The summed E-state index contributed by atoms with van der Waals surface area (Å²) in [6, 6.07) is 7.94. The number of imidazole rings is 1. The molecule has 0 fully saturated rings. The van der Waals surface area contributed by atoms with Crippen LogP contribution in [0.15, 0.2) is 30.3 Å². The molecule has 0 saturated carbocycles. The van der Waals surface area contributed by atoms with Gasteiger partial charge < -0.3 is 4.98 Å². The lowest BCUT2D eigenvalue weighted by Crippen LogP contribution is -1.84. The van der Waals surface area contributed by atoms with E-state index in [2.05, 4.69) is 9.97 Å². The molecule has 0 unspecified atom stereocenters. The Morgan fingerprint density at radius 3 is 2.68 bits per heavy atom. The van der Waals surface area contributed by atoms with Crippen LogP contribution in [0.25, 0.3) is 22.4 Å². The zero-order valence-electron chi connectivity index (χ0n) is 9.97. The van der Waals surface area contributed by atoms with Crippen molar-refractivity contribution in [1.82, 2.24) is 9.97 Å². The molecule has 0 aliphatic rings. The number of aryl methyl sites for hydroxylation is 1. The van der Waals surface area contributed by atoms with Crippen molar-refractivity contribution in [3.8, 4) is 11.4 Å². The molecule has 1 aromatic heterocycles. The second-order valence-corrected chi connectivity index (χ2v) is 4.80. The van der Waals surface area contributed by atoms with E-state index in [4.69, 9.17) is 11.6 Å². The zero-order chi connectivity index (χ0) is 13.6. The normalized spacial score (nSPS) is 11.2. The number of rotatable bonds is 1. The van der Waals surface area contributed by atoms with Crippen molar-refractivity contribution in [2.24, 2.45) is 0 Å². The van der Waals surface area contributed by atoms with Gasteiger partial charge in [-0.3, -0.25) is 0 Å². The lowest BCUT2D eigenvalue weighted by atomic mass is 10.1. The number of H-pyrrole nitrogens is 1. The summed E-state index contributed by atoms with van der Waals surface area (Å²) in [5.74, 6) is -1.39. The van der Waals surface area contributed by atoms with E-state index in [0.29, 0.717) is 16.4 Å². The highest BCUT2D eigenvalue weighted by molar-refractivity contribution is 6.30. The van der Waals surface area contributed by atoms with Crippen LogP contribution in [0.4, 0.5) is 8.78 Å². The Hall–Kier alpha value is -1.94. The Balaban J connectivity index is 2.23. The van der Waals surface area contributed by atoms with E-state index in [0.717, 1.165) is 17.2 Å². The predicted octanol–water partition coefficient (Wildman–Crippen LogP) is 4.47. The van der Waals surface area contributed by atoms with Gasteiger partial charge >= 0.3 is 0 Å². The molecule has 0 aliphatic heterocycles. The van der Waals surface area contributed by atoms with Gasteiger partial charge in [-0.1, -0.05) is 11.6 Å². The molecule has 0 atom stereocenters. The number of hydrogen-bond donors (Lipinski definition) is 1. The number of benzene rings is 2. The van der Waals surface area contributed by atoms with Crippen LogP contribution in [0.5, 0.6) is 0 Å². The lowest BCUT2D eigenvalue weighted by molar-refractivity contribution is 0.515. The second kappa shape index (κ2) is 4.31. The van der Waals surface area contributed by atoms with Gasteiger partial charge in [0.2, 0.25) is 0 Å². The molecule has 2 aromatic carbocycles. The topological polar surface area (TPSA) is 28.7 Å². The van der Waals surface area contributed by atoms with Gasteiger partial charge in [0.15, 0.2) is 11.6 Å². The third-order valence-electron chi connectivity index (χ3n) is 2.86. The maximum atomic E-state index is 13.6. The first-order valence-electron chi connectivity index (χ1n) is 5.66. The first-order valence-corrected chi connectivity index (χ1v) is 6.03. The van der Waals surface area contributed by atoms with E-state index in [1.807, 2.05) is 19.1 Å². The van der Waals surface area contributed by atoms with Gasteiger partial charge in [-0.25, -0.2) is 13.8 Å². The maximum Gasteiger partial charge on any atom is 0.186 e. The number of nitrogens with zero attached hydrogens (tertiary/aromatic N) is 1. The lowest BCUT2D eigenvalue weighted by Gasteiger charge is -2.00. The molecule has 2 nitrogen and oxygen atoms in total. The van der Waals surface area contributed by atoms with Gasteiger partial charge in [0.25, 0.3) is 0 Å². The van der Waals surface area contributed by atoms with Crippen LogP contribution in [-0.4, -0.2) is 9.97 Å². The van der Waals surface area contributed by atoms with Crippen molar-refractivity contribution >= 4 is 22.6 Å². The summed E-state index contributed by atoms with van der Waals surface area (Å²) in [7, 11) is 0. The van der Waals surface area contributed by atoms with Crippen LogP contribution in [0.1, 0.15) is 5.56 Å². The molecule has 5 heteroatoms. The molecule has 0 radical (unpaired) electrons. The van der Waals surface area contributed by atoms with Crippen LogP contribution in [-0.2, 0) is 0 Å². The van der Waals surface area contributed by atoms with E-state index in [9.17, 15) is 8.78 Å². The first-order chi connectivity index (χ1) is 9.04. The standard InChI is InChI=1S/C14H9ClF2N2/c1-7-4-8(6-9(15)5-7)14-18-11-3-2-10(16)12(17)13(11)19-14/h2-6H,1H3,(H,18,19). The van der Waals surface area contributed by atoms with Crippen molar-refractivity contribution in [3.05, 3.63) is 52.6 Å². The number of halogens is 3. The van der Waals surface area contributed by atoms with Crippen molar-refractivity contribution in [2.45, 2.75) is 6.92 Å². The summed E-state index contributed by atoms with van der Waals surface area (Å²) >= 11 is 5.98. The average molecular weight is 279 g/mol. The van der Waals surface area contributed by atoms with E-state index in [-0.39, 0.29) is 5.52 Å². The predicted molar refractivity (Wildman–Crippen MR) is 71.2 cm³/mol. The summed E-state index contributed by atoms with van der Waals surface area (Å²) in [6.45, 7) is 1.90. The zero-order valence-corrected chi connectivity index (χ0v) is 10.7. The monoisotopic (exact) mass is 278 g/mol. The Morgan fingerprint density at radius 1 is 1.16 bits per heavy atom. The Labute approximate surface area is 113 Å². The highest BCUT2D eigenvalue weighted by atomic mass is 35.5. The number of aromatic nitrogens is 2. The minimum Gasteiger partial charge on any atom is -0.338 e. The molecule has 3 aromatic rings. The van der Waals surface area contributed by atoms with Gasteiger partial charge in [0.1, 0.15) is 11.3 Å². The second-order valence-electron chi connectivity index (χ2n) is 4.36. The first kappa shape index (κ1) is 12.1. The fourth-order valence-corrected chi connectivity index (χ4v) is 2.32. The molecule has 0 spiro atoms. The smallest absolute Gasteiger partial charge is 0.186 e. The third kappa shape index (κ3) is 2.08. The van der Waals surface area contributed by atoms with Crippen molar-refractivity contribution < 1.29 is 8.78 Å². The van der Waals surface area contributed by atoms with Crippen molar-refractivity contribution in [2.75, 3.05) is 0 Å². The Kier molecular flexibility index (Phi) is 2.75. The Bertz CT molecular complexity index is 760. The molecule has 0 bridgehead atoms. The maximum absolute atomic E-state index is 13.6. The van der Waals surface area contributed by atoms with Crippen LogP contribution in [0, 0.1) is 18.6 Å². The van der Waals surface area contributed by atoms with Gasteiger partial charge in [-0.2, -0.15) is 0 Å². The van der Waals surface area contributed by atoms with E-state index in [1.165, 1.54) is 6.07 Å². The van der Waals surface area contributed by atoms with Crippen LogP contribution < -0.4 is 0 Å². The van der Waals surface area contributed by atoms with Crippen LogP contribution >= 0.6 is 11.6 Å². The number of aromatic amines is 1. The van der Waals surface area contributed by atoms with Gasteiger partial charge in [0.05, 0.1) is 5.52 Å². The minimum atomic E-state index is -0.946. The largest absolute Gasteiger partial charge is 0.338 e. The van der Waals surface area contributed by atoms with Crippen LogP contribution in [0.3, 0.4) is 0 Å². The molecule has 0 amide bonds. The molecule has 19 heavy (non-hydrogen) atoms. The number of nitrogens with one attached hydrogen (secondary N) is 1. The summed E-state index contributed by atoms with van der Waals surface area (Å²) in [6.07, 6.45) is 0. The molecule has 3 rings (SSSR count). The fraction of sp³-hybridized carbons (Fsp3) is 0.0714. The molecule has 0 saturated heterocycles. The average Bonchev–Trinajstić information content (AvgIpc) is 2.77. The molecule has 1 N–H and O–H groups in total. The van der Waals surface area contributed by atoms with E-state index >= 15 is 0 Å². The number of fused-ring (bicyclic) bond motifs is 1. The van der Waals surface area contributed by atoms with Crippen LogP contribution in [0.2, 0.25) is 5.02 Å². The minimum absolute atomic E-state index is 0.00683. The van der Waals surface area contributed by atoms with E-state index < -0.39 is 11.6 Å². The Morgan fingerprint density at radius 2 is 1.95 bits per heavy atom. The van der Waals surface area contributed by atoms with E-state index in [1.54, 1.807) is 6.07 Å². The highest BCUT2D eigenvalue weighted by Gasteiger charge is 2.13. The molecular weight excluding hydrogens is 270 g/mol. The molecule has 1 heterocycles. The molecular formula is C14H9ClF2N2. The summed E-state index contributed by atoms with van der Waals surface area (Å²) < 4.78 is 26.7. The fourth-order valence-electron chi connectivity index (χ4n) is 2.03. The summed E-state index contributed by atoms with van der Waals surface area (Å²) in [4.78, 5) is 7.05. The molecule has 0 aliphatic carbocycles. The van der Waals surface area contributed by atoms with Crippen molar-refractivity contribution in [1.29, 1.82) is 0 Å². The molecule has 96 valence electrons. The number of hydrogen-bond acceptors (Lipinski definition) is 1. The van der Waals surface area contributed by atoms with Gasteiger partial charge in [-0.05, 0) is 42.8 Å². The van der Waals surface area contributed by atoms with Crippen molar-refractivity contribution in [3.63, 3.8) is 0 Å². The van der Waals surface area contributed by atoms with Gasteiger partial charge in [-0.15, -0.1) is 0 Å². The SMILES string of the molecule is Cc1cc(Cl)cc(-c2nc3c(F)c(F)ccc3[nH]2)c1. The highest BCUT2D eigenvalue weighted by Crippen LogP contribution is 2.26. The summed E-state index contributed by atoms with van der Waals surface area (Å²) in [5, 5.41) is 0.571. The quantitative estimate of drug-likeness (QED) is 0.699. The summed E-state index contributed by atoms with van der Waals surface area (Å²) in [5.41, 5.74) is 2.15. The van der Waals surface area contributed by atoms with Gasteiger partial charge in [0, 0.05) is 10.6 Å².